The lowest BCUT2D eigenvalue weighted by atomic mass is 10.1. The van der Waals surface area contributed by atoms with Crippen molar-refractivity contribution in [3.8, 4) is 17.2 Å². The highest BCUT2D eigenvalue weighted by atomic mass is 32.2. The molecule has 0 bridgehead atoms. The molecule has 0 aliphatic rings. The van der Waals surface area contributed by atoms with Gasteiger partial charge in [0.1, 0.15) is 5.75 Å². The zero-order valence-electron chi connectivity index (χ0n) is 16.1. The predicted molar refractivity (Wildman–Crippen MR) is 117 cm³/mol. The standard InChI is InChI=1S/C22H18N2O4S2/c1-27-19-9-4-8-18(14-19)21-23-24-22(28-21)29-12-5-13-30(25,26)20-11-10-16-6-2-3-7-17(16)15-20/h2-11,13-15H,12H2,1H3/b13-5+. The van der Waals surface area contributed by atoms with Gasteiger partial charge in [-0.1, -0.05) is 54.2 Å². The number of fused-ring (bicyclic) bond motifs is 1. The van der Waals surface area contributed by atoms with Crippen molar-refractivity contribution >= 4 is 32.4 Å². The van der Waals surface area contributed by atoms with Crippen LogP contribution in [-0.2, 0) is 9.84 Å². The van der Waals surface area contributed by atoms with E-state index >= 15 is 0 Å². The number of thioether (sulfide) groups is 1. The zero-order valence-corrected chi connectivity index (χ0v) is 17.7. The van der Waals surface area contributed by atoms with Crippen LogP contribution in [0.4, 0.5) is 0 Å². The van der Waals surface area contributed by atoms with Gasteiger partial charge in [0.05, 0.1) is 12.0 Å². The molecule has 4 aromatic rings. The summed E-state index contributed by atoms with van der Waals surface area (Å²) in [6.45, 7) is 0. The molecule has 0 aliphatic heterocycles. The summed E-state index contributed by atoms with van der Waals surface area (Å²) >= 11 is 1.26. The Bertz CT molecular complexity index is 1310. The van der Waals surface area contributed by atoms with E-state index in [9.17, 15) is 8.42 Å². The maximum atomic E-state index is 12.6. The Morgan fingerprint density at radius 2 is 1.83 bits per heavy atom. The number of hydrogen-bond acceptors (Lipinski definition) is 7. The molecular weight excluding hydrogens is 420 g/mol. The zero-order chi connectivity index (χ0) is 21.0. The summed E-state index contributed by atoms with van der Waals surface area (Å²) in [5.74, 6) is 1.46. The lowest BCUT2D eigenvalue weighted by Crippen LogP contribution is -1.96. The Labute approximate surface area is 178 Å². The minimum absolute atomic E-state index is 0.264. The Morgan fingerprint density at radius 1 is 1.00 bits per heavy atom. The van der Waals surface area contributed by atoms with Crippen LogP contribution in [0, 0.1) is 0 Å². The molecule has 8 heteroatoms. The molecule has 3 aromatic carbocycles. The molecule has 4 rings (SSSR count). The van der Waals surface area contributed by atoms with Gasteiger partial charge in [-0.2, -0.15) is 0 Å². The third-order valence-electron chi connectivity index (χ3n) is 4.35. The van der Waals surface area contributed by atoms with Crippen molar-refractivity contribution in [1.82, 2.24) is 10.2 Å². The molecule has 0 saturated carbocycles. The highest BCUT2D eigenvalue weighted by Gasteiger charge is 2.12. The average molecular weight is 439 g/mol. The summed E-state index contributed by atoms with van der Waals surface area (Å²) in [5.41, 5.74) is 0.753. The largest absolute Gasteiger partial charge is 0.497 e. The topological polar surface area (TPSA) is 82.3 Å². The quantitative estimate of drug-likeness (QED) is 0.376. The molecule has 0 aliphatic carbocycles. The highest BCUT2D eigenvalue weighted by Crippen LogP contribution is 2.26. The first-order chi connectivity index (χ1) is 14.5. The molecule has 1 aromatic heterocycles. The third-order valence-corrected chi connectivity index (χ3v) is 6.58. The maximum absolute atomic E-state index is 12.6. The second kappa shape index (κ2) is 8.73. The van der Waals surface area contributed by atoms with Gasteiger partial charge < -0.3 is 9.15 Å². The Hall–Kier alpha value is -3.10. The van der Waals surface area contributed by atoms with Gasteiger partial charge >= 0.3 is 0 Å². The van der Waals surface area contributed by atoms with Gasteiger partial charge in [-0.05, 0) is 41.1 Å². The number of nitrogens with zero attached hydrogens (tertiary/aromatic N) is 2. The van der Waals surface area contributed by atoms with E-state index in [0.717, 1.165) is 16.3 Å². The fraction of sp³-hybridized carbons (Fsp3) is 0.0909. The third kappa shape index (κ3) is 4.55. The molecule has 0 spiro atoms. The fourth-order valence-electron chi connectivity index (χ4n) is 2.85. The van der Waals surface area contributed by atoms with Crippen molar-refractivity contribution in [3.05, 3.63) is 78.2 Å². The lowest BCUT2D eigenvalue weighted by molar-refractivity contribution is 0.414. The summed E-state index contributed by atoms with van der Waals surface area (Å²) in [4.78, 5) is 0.264. The molecule has 0 radical (unpaired) electrons. The molecule has 0 amide bonds. The van der Waals surface area contributed by atoms with Crippen molar-refractivity contribution < 1.29 is 17.6 Å². The summed E-state index contributed by atoms with van der Waals surface area (Å²) in [5, 5.41) is 11.5. The van der Waals surface area contributed by atoms with E-state index in [1.165, 1.54) is 17.2 Å². The molecule has 30 heavy (non-hydrogen) atoms. The van der Waals surface area contributed by atoms with Crippen LogP contribution in [0.15, 0.2) is 92.7 Å². The van der Waals surface area contributed by atoms with Gasteiger partial charge in [-0.15, -0.1) is 10.2 Å². The number of hydrogen-bond donors (Lipinski definition) is 0. The van der Waals surface area contributed by atoms with Gasteiger partial charge in [0.15, 0.2) is 9.84 Å². The van der Waals surface area contributed by atoms with E-state index in [1.807, 2.05) is 48.5 Å². The van der Waals surface area contributed by atoms with Gasteiger partial charge in [-0.3, -0.25) is 0 Å². The molecule has 0 fully saturated rings. The van der Waals surface area contributed by atoms with Crippen LogP contribution in [-0.4, -0.2) is 31.5 Å². The van der Waals surface area contributed by atoms with Gasteiger partial charge in [-0.25, -0.2) is 8.42 Å². The van der Waals surface area contributed by atoms with Crippen LogP contribution < -0.4 is 4.74 Å². The average Bonchev–Trinajstić information content (AvgIpc) is 3.25. The fourth-order valence-corrected chi connectivity index (χ4v) is 4.60. The monoisotopic (exact) mass is 438 g/mol. The first-order valence-electron chi connectivity index (χ1n) is 9.06. The van der Waals surface area contributed by atoms with Gasteiger partial charge in [0.2, 0.25) is 5.89 Å². The van der Waals surface area contributed by atoms with Crippen LogP contribution in [0.5, 0.6) is 5.75 Å². The number of benzene rings is 3. The van der Waals surface area contributed by atoms with Crippen molar-refractivity contribution in [2.45, 2.75) is 10.1 Å². The first kappa shape index (κ1) is 20.2. The van der Waals surface area contributed by atoms with E-state index in [1.54, 1.807) is 31.4 Å². The predicted octanol–water partition coefficient (Wildman–Crippen LogP) is 4.98. The second-order valence-electron chi connectivity index (χ2n) is 6.34. The van der Waals surface area contributed by atoms with Crippen LogP contribution >= 0.6 is 11.8 Å². The number of aromatic nitrogens is 2. The molecular formula is C22H18N2O4S2. The number of methoxy groups -OCH3 is 1. The van der Waals surface area contributed by atoms with Gasteiger partial charge in [0.25, 0.3) is 5.22 Å². The number of sulfone groups is 1. The van der Waals surface area contributed by atoms with E-state index in [2.05, 4.69) is 10.2 Å². The number of ether oxygens (including phenoxy) is 1. The second-order valence-corrected chi connectivity index (χ2v) is 9.15. The van der Waals surface area contributed by atoms with E-state index < -0.39 is 9.84 Å². The Balaban J connectivity index is 1.41. The SMILES string of the molecule is COc1cccc(-c2nnc(SC/C=C/S(=O)(=O)c3ccc4ccccc4c3)o2)c1. The molecule has 0 atom stereocenters. The molecule has 6 nitrogen and oxygen atoms in total. The highest BCUT2D eigenvalue weighted by molar-refractivity contribution is 7.99. The summed E-state index contributed by atoms with van der Waals surface area (Å²) in [6.07, 6.45) is 1.57. The van der Waals surface area contributed by atoms with E-state index in [-0.39, 0.29) is 4.90 Å². The summed E-state index contributed by atoms with van der Waals surface area (Å²) in [6, 6.07) is 20.1. The van der Waals surface area contributed by atoms with E-state index in [4.69, 9.17) is 9.15 Å². The lowest BCUT2D eigenvalue weighted by Gasteiger charge is -2.02. The van der Waals surface area contributed by atoms with Crippen LogP contribution in [0.1, 0.15) is 0 Å². The number of rotatable bonds is 7. The van der Waals surface area contributed by atoms with Crippen molar-refractivity contribution in [2.24, 2.45) is 0 Å². The Kier molecular flexibility index (Phi) is 5.87. The van der Waals surface area contributed by atoms with Crippen LogP contribution in [0.3, 0.4) is 0 Å². The normalized spacial score (nSPS) is 11.9. The molecule has 1 heterocycles. The van der Waals surface area contributed by atoms with Crippen molar-refractivity contribution in [3.63, 3.8) is 0 Å². The molecule has 0 unspecified atom stereocenters. The van der Waals surface area contributed by atoms with Gasteiger partial charge in [0, 0.05) is 16.7 Å². The molecule has 0 N–H and O–H groups in total. The first-order valence-corrected chi connectivity index (χ1v) is 11.6. The van der Waals surface area contributed by atoms with Crippen molar-refractivity contribution in [1.29, 1.82) is 0 Å². The summed E-state index contributed by atoms with van der Waals surface area (Å²) in [7, 11) is -1.94. The minimum atomic E-state index is -3.53. The Morgan fingerprint density at radius 3 is 2.67 bits per heavy atom. The smallest absolute Gasteiger partial charge is 0.277 e. The van der Waals surface area contributed by atoms with Crippen molar-refractivity contribution in [2.75, 3.05) is 12.9 Å². The van der Waals surface area contributed by atoms with E-state index in [0.29, 0.717) is 22.6 Å². The molecule has 0 saturated heterocycles. The molecule has 152 valence electrons. The maximum Gasteiger partial charge on any atom is 0.277 e. The minimum Gasteiger partial charge on any atom is -0.497 e. The van der Waals surface area contributed by atoms with Crippen LogP contribution in [0.2, 0.25) is 0 Å². The summed E-state index contributed by atoms with van der Waals surface area (Å²) < 4.78 is 36.0. The van der Waals surface area contributed by atoms with Crippen LogP contribution in [0.25, 0.3) is 22.2 Å².